The molecule has 0 saturated carbocycles. The van der Waals surface area contributed by atoms with Crippen LogP contribution in [0.15, 0.2) is 33.9 Å². The average Bonchev–Trinajstić information content (AvgIpc) is 2.74. The van der Waals surface area contributed by atoms with Gasteiger partial charge < -0.3 is 14.6 Å². The fourth-order valence-electron chi connectivity index (χ4n) is 3.08. The highest BCUT2D eigenvalue weighted by atomic mass is 16.5. The van der Waals surface area contributed by atoms with Crippen LogP contribution in [0.25, 0.3) is 0 Å². The molecule has 2 rings (SSSR count). The number of carboxylic acid groups (broad SMARTS) is 1. The molecule has 0 amide bonds. The third-order valence-corrected chi connectivity index (χ3v) is 5.05. The molecule has 2 aromatic rings. The van der Waals surface area contributed by atoms with Crippen molar-refractivity contribution in [2.45, 2.75) is 71.4 Å². The van der Waals surface area contributed by atoms with Crippen molar-refractivity contribution in [3.8, 4) is 11.6 Å². The van der Waals surface area contributed by atoms with E-state index >= 15 is 0 Å². The smallest absolute Gasteiger partial charge is 0.347 e. The fourth-order valence-corrected chi connectivity index (χ4v) is 3.08. The first-order valence-corrected chi connectivity index (χ1v) is 11.0. The van der Waals surface area contributed by atoms with E-state index in [1.807, 2.05) is 25.1 Å². The lowest BCUT2D eigenvalue weighted by Gasteiger charge is -2.21. The van der Waals surface area contributed by atoms with Crippen molar-refractivity contribution in [2.75, 3.05) is 6.61 Å². The van der Waals surface area contributed by atoms with Gasteiger partial charge in [0.25, 0.3) is 5.88 Å². The lowest BCUT2D eigenvalue weighted by atomic mass is 10.1. The minimum atomic E-state index is -1.29. The normalized spacial score (nSPS) is 11.4. The Morgan fingerprint density at radius 1 is 1.16 bits per heavy atom. The summed E-state index contributed by atoms with van der Waals surface area (Å²) in [6, 6.07) is 7.43. The highest BCUT2D eigenvalue weighted by molar-refractivity contribution is 5.76. The molecule has 0 aliphatic rings. The monoisotopic (exact) mass is 447 g/mol. The standard InChI is InChI=1S/C23H33N3O6/c1-5-6-14-26-20(27)19(24-25(4)22(26)30)31-15-9-7-8-11-17-12-10-13-18(16-17)32-23(2,3)21(28)29/h10,12-13,16H,5-9,11,14-15H2,1-4H3,(H,28,29). The first kappa shape index (κ1) is 25.2. The number of hydrogen-bond acceptors (Lipinski definition) is 6. The molecule has 0 saturated heterocycles. The average molecular weight is 448 g/mol. The van der Waals surface area contributed by atoms with Crippen molar-refractivity contribution >= 4 is 5.97 Å². The summed E-state index contributed by atoms with van der Waals surface area (Å²) in [5, 5.41) is 13.1. The van der Waals surface area contributed by atoms with E-state index in [9.17, 15) is 19.5 Å². The molecule has 176 valence electrons. The Balaban J connectivity index is 1.83. The molecule has 0 radical (unpaired) electrons. The number of aryl methyl sites for hydroxylation is 2. The summed E-state index contributed by atoms with van der Waals surface area (Å²) in [5.74, 6) is -0.541. The van der Waals surface area contributed by atoms with E-state index in [2.05, 4.69) is 5.10 Å². The number of aliphatic carboxylic acids is 1. The van der Waals surface area contributed by atoms with Crippen molar-refractivity contribution in [2.24, 2.45) is 7.05 Å². The quantitative estimate of drug-likeness (QED) is 0.470. The second-order valence-electron chi connectivity index (χ2n) is 8.25. The summed E-state index contributed by atoms with van der Waals surface area (Å²) in [4.78, 5) is 35.8. The number of nitrogens with zero attached hydrogens (tertiary/aromatic N) is 3. The van der Waals surface area contributed by atoms with Crippen molar-refractivity contribution in [1.29, 1.82) is 0 Å². The highest BCUT2D eigenvalue weighted by Crippen LogP contribution is 2.21. The summed E-state index contributed by atoms with van der Waals surface area (Å²) in [5.41, 5.74) is -1.15. The van der Waals surface area contributed by atoms with Crippen LogP contribution in [0.2, 0.25) is 0 Å². The minimum Gasteiger partial charge on any atom is -0.478 e. The van der Waals surface area contributed by atoms with E-state index in [-0.39, 0.29) is 5.88 Å². The van der Waals surface area contributed by atoms with Gasteiger partial charge in [-0.25, -0.2) is 14.3 Å². The van der Waals surface area contributed by atoms with Crippen LogP contribution in [-0.4, -0.2) is 37.6 Å². The van der Waals surface area contributed by atoms with Crippen LogP contribution in [0.1, 0.15) is 58.4 Å². The number of carbonyl (C=O) groups is 1. The number of hydrogen-bond donors (Lipinski definition) is 1. The molecule has 1 heterocycles. The van der Waals surface area contributed by atoms with Gasteiger partial charge in [0.05, 0.1) is 6.61 Å². The third kappa shape index (κ3) is 6.96. The molecule has 0 aliphatic heterocycles. The van der Waals surface area contributed by atoms with Crippen LogP contribution >= 0.6 is 0 Å². The van der Waals surface area contributed by atoms with Crippen LogP contribution in [0.5, 0.6) is 11.6 Å². The number of benzene rings is 1. The third-order valence-electron chi connectivity index (χ3n) is 5.05. The zero-order valence-corrected chi connectivity index (χ0v) is 19.3. The summed E-state index contributed by atoms with van der Waals surface area (Å²) >= 11 is 0. The largest absolute Gasteiger partial charge is 0.478 e. The molecular weight excluding hydrogens is 414 g/mol. The molecule has 1 aromatic heterocycles. The molecule has 1 aromatic carbocycles. The maximum Gasteiger partial charge on any atom is 0.347 e. The molecule has 0 spiro atoms. The van der Waals surface area contributed by atoms with Gasteiger partial charge in [-0.15, -0.1) is 5.10 Å². The van der Waals surface area contributed by atoms with E-state index in [1.165, 1.54) is 25.5 Å². The highest BCUT2D eigenvalue weighted by Gasteiger charge is 2.29. The van der Waals surface area contributed by atoms with Crippen LogP contribution in [0.3, 0.4) is 0 Å². The predicted octanol–water partition coefficient (Wildman–Crippen LogP) is 2.78. The maximum absolute atomic E-state index is 12.4. The minimum absolute atomic E-state index is 0.0471. The van der Waals surface area contributed by atoms with Crippen LogP contribution in [0, 0.1) is 0 Å². The van der Waals surface area contributed by atoms with E-state index in [4.69, 9.17) is 9.47 Å². The Hall–Kier alpha value is -3.10. The molecule has 0 bridgehead atoms. The summed E-state index contributed by atoms with van der Waals surface area (Å²) < 4.78 is 13.4. The predicted molar refractivity (Wildman–Crippen MR) is 120 cm³/mol. The Bertz CT molecular complexity index is 1030. The van der Waals surface area contributed by atoms with E-state index in [0.29, 0.717) is 18.9 Å². The number of unbranched alkanes of at least 4 members (excludes halogenated alkanes) is 3. The van der Waals surface area contributed by atoms with Gasteiger partial charge in [0.15, 0.2) is 5.60 Å². The second kappa shape index (κ2) is 11.5. The molecule has 0 aliphatic carbocycles. The topological polar surface area (TPSA) is 113 Å². The number of carboxylic acids is 1. The van der Waals surface area contributed by atoms with Crippen LogP contribution < -0.4 is 20.7 Å². The first-order chi connectivity index (χ1) is 15.2. The Morgan fingerprint density at radius 2 is 1.91 bits per heavy atom. The van der Waals surface area contributed by atoms with Gasteiger partial charge in [0.2, 0.25) is 0 Å². The molecule has 0 fully saturated rings. The molecule has 0 unspecified atom stereocenters. The van der Waals surface area contributed by atoms with Crippen LogP contribution in [0.4, 0.5) is 0 Å². The first-order valence-electron chi connectivity index (χ1n) is 11.0. The lowest BCUT2D eigenvalue weighted by molar-refractivity contribution is -0.152. The molecular formula is C23H33N3O6. The van der Waals surface area contributed by atoms with Crippen molar-refractivity contribution in [3.05, 3.63) is 50.7 Å². The number of ether oxygens (including phenoxy) is 2. The molecule has 32 heavy (non-hydrogen) atoms. The molecule has 9 nitrogen and oxygen atoms in total. The Kier molecular flexibility index (Phi) is 9.04. The van der Waals surface area contributed by atoms with Gasteiger partial charge in [-0.2, -0.15) is 0 Å². The number of rotatable bonds is 13. The summed E-state index contributed by atoms with van der Waals surface area (Å²) in [6.07, 6.45) is 4.94. The molecule has 9 heteroatoms. The zero-order valence-electron chi connectivity index (χ0n) is 19.3. The van der Waals surface area contributed by atoms with Gasteiger partial charge in [0, 0.05) is 13.6 Å². The SMILES string of the molecule is CCCCn1c(=O)c(OCCCCCc2cccc(OC(C)(C)C(=O)O)c2)nn(C)c1=O. The Morgan fingerprint density at radius 3 is 2.59 bits per heavy atom. The molecule has 1 N–H and O–H groups in total. The van der Waals surface area contributed by atoms with Crippen molar-refractivity contribution in [3.63, 3.8) is 0 Å². The van der Waals surface area contributed by atoms with Gasteiger partial charge in [-0.1, -0.05) is 25.5 Å². The zero-order chi connectivity index (χ0) is 23.7. The maximum atomic E-state index is 12.4. The summed E-state index contributed by atoms with van der Waals surface area (Å²) in [7, 11) is 1.51. The van der Waals surface area contributed by atoms with Gasteiger partial charge >= 0.3 is 17.2 Å². The molecule has 0 atom stereocenters. The van der Waals surface area contributed by atoms with Gasteiger partial charge in [-0.05, 0) is 63.6 Å². The van der Waals surface area contributed by atoms with E-state index in [0.717, 1.165) is 48.8 Å². The van der Waals surface area contributed by atoms with Crippen LogP contribution in [-0.2, 0) is 24.8 Å². The van der Waals surface area contributed by atoms with Gasteiger partial charge in [-0.3, -0.25) is 9.36 Å². The Labute approximate surface area is 187 Å². The second-order valence-corrected chi connectivity index (χ2v) is 8.25. The van der Waals surface area contributed by atoms with Gasteiger partial charge in [0.1, 0.15) is 5.75 Å². The van der Waals surface area contributed by atoms with E-state index in [1.54, 1.807) is 6.07 Å². The van der Waals surface area contributed by atoms with Crippen molar-refractivity contribution in [1.82, 2.24) is 14.3 Å². The lowest BCUT2D eigenvalue weighted by Crippen LogP contribution is -2.41. The summed E-state index contributed by atoms with van der Waals surface area (Å²) in [6.45, 7) is 5.71. The fraction of sp³-hybridized carbons (Fsp3) is 0.565. The van der Waals surface area contributed by atoms with E-state index < -0.39 is 22.8 Å². The van der Waals surface area contributed by atoms with Crippen molar-refractivity contribution < 1.29 is 19.4 Å². The number of aromatic nitrogens is 3.